The second-order valence-electron chi connectivity index (χ2n) is 4.93. The highest BCUT2D eigenvalue weighted by Gasteiger charge is 2.19. The Morgan fingerprint density at radius 2 is 2.11 bits per heavy atom. The van der Waals surface area contributed by atoms with E-state index in [1.54, 1.807) is 10.7 Å². The Morgan fingerprint density at radius 3 is 2.89 bits per heavy atom. The van der Waals surface area contributed by atoms with Gasteiger partial charge in [-0.2, -0.15) is 5.10 Å². The first kappa shape index (κ1) is 11.5. The van der Waals surface area contributed by atoms with Gasteiger partial charge >= 0.3 is 0 Å². The van der Waals surface area contributed by atoms with Gasteiger partial charge in [0.25, 0.3) is 0 Å². The van der Waals surface area contributed by atoms with Crippen LogP contribution in [0.5, 0.6) is 0 Å². The van der Waals surface area contributed by atoms with Gasteiger partial charge in [-0.15, -0.1) is 0 Å². The van der Waals surface area contributed by atoms with Crippen LogP contribution in [0.2, 0.25) is 0 Å². The fourth-order valence-corrected chi connectivity index (χ4v) is 2.67. The molecule has 1 fully saturated rings. The van der Waals surface area contributed by atoms with Crippen LogP contribution < -0.4 is 10.6 Å². The SMILES string of the molecule is NCCC1CCN(c2ccn3nccc3n2)CC1. The summed E-state index contributed by atoms with van der Waals surface area (Å²) in [5.74, 6) is 1.86. The molecule has 0 aliphatic carbocycles. The molecule has 2 aromatic rings. The third kappa shape index (κ3) is 2.18. The zero-order valence-corrected chi connectivity index (χ0v) is 10.5. The lowest BCUT2D eigenvalue weighted by Crippen LogP contribution is -2.34. The van der Waals surface area contributed by atoms with Gasteiger partial charge in [0.15, 0.2) is 5.65 Å². The van der Waals surface area contributed by atoms with E-state index in [4.69, 9.17) is 5.73 Å². The number of hydrogen-bond acceptors (Lipinski definition) is 4. The van der Waals surface area contributed by atoms with Crippen molar-refractivity contribution in [3.8, 4) is 0 Å². The van der Waals surface area contributed by atoms with Crippen molar-refractivity contribution in [2.24, 2.45) is 11.7 Å². The lowest BCUT2D eigenvalue weighted by molar-refractivity contribution is 0.385. The molecule has 18 heavy (non-hydrogen) atoms. The Hall–Kier alpha value is -1.62. The molecule has 96 valence electrons. The molecule has 0 atom stereocenters. The van der Waals surface area contributed by atoms with Crippen LogP contribution in [0.25, 0.3) is 5.65 Å². The van der Waals surface area contributed by atoms with Crippen molar-refractivity contribution in [3.05, 3.63) is 24.5 Å². The van der Waals surface area contributed by atoms with Gasteiger partial charge in [0.2, 0.25) is 0 Å². The van der Waals surface area contributed by atoms with Crippen LogP contribution in [0.3, 0.4) is 0 Å². The normalized spacial score (nSPS) is 17.5. The molecule has 0 spiro atoms. The zero-order valence-electron chi connectivity index (χ0n) is 10.5. The molecule has 2 aromatic heterocycles. The van der Waals surface area contributed by atoms with Gasteiger partial charge in [-0.05, 0) is 37.8 Å². The summed E-state index contributed by atoms with van der Waals surface area (Å²) in [5, 5.41) is 4.16. The Kier molecular flexibility index (Phi) is 3.15. The number of piperidine rings is 1. The Morgan fingerprint density at radius 1 is 1.28 bits per heavy atom. The van der Waals surface area contributed by atoms with Crippen LogP contribution in [-0.2, 0) is 0 Å². The molecule has 0 radical (unpaired) electrons. The minimum absolute atomic E-state index is 0.796. The predicted octanol–water partition coefficient (Wildman–Crippen LogP) is 1.29. The minimum Gasteiger partial charge on any atom is -0.356 e. The quantitative estimate of drug-likeness (QED) is 0.885. The van der Waals surface area contributed by atoms with E-state index in [1.807, 2.05) is 18.3 Å². The topological polar surface area (TPSA) is 59.5 Å². The van der Waals surface area contributed by atoms with E-state index >= 15 is 0 Å². The number of anilines is 1. The van der Waals surface area contributed by atoms with Crippen molar-refractivity contribution in [1.82, 2.24) is 14.6 Å². The molecule has 0 unspecified atom stereocenters. The molecular formula is C13H19N5. The highest BCUT2D eigenvalue weighted by molar-refractivity contribution is 5.47. The maximum Gasteiger partial charge on any atom is 0.157 e. The van der Waals surface area contributed by atoms with Gasteiger partial charge in [0, 0.05) is 25.4 Å². The first-order valence-electron chi connectivity index (χ1n) is 6.62. The van der Waals surface area contributed by atoms with E-state index in [0.717, 1.165) is 43.4 Å². The number of fused-ring (bicyclic) bond motifs is 1. The molecular weight excluding hydrogens is 226 g/mol. The summed E-state index contributed by atoms with van der Waals surface area (Å²) in [5.41, 5.74) is 6.53. The van der Waals surface area contributed by atoms with Gasteiger partial charge in [0.05, 0.1) is 6.20 Å². The van der Waals surface area contributed by atoms with Crippen LogP contribution in [0.4, 0.5) is 5.82 Å². The molecule has 1 aliphatic heterocycles. The Balaban J connectivity index is 1.71. The monoisotopic (exact) mass is 245 g/mol. The van der Waals surface area contributed by atoms with Crippen LogP contribution in [0.1, 0.15) is 19.3 Å². The van der Waals surface area contributed by atoms with E-state index in [9.17, 15) is 0 Å². The highest BCUT2D eigenvalue weighted by atomic mass is 15.3. The largest absolute Gasteiger partial charge is 0.356 e. The molecule has 1 aliphatic rings. The van der Waals surface area contributed by atoms with E-state index in [2.05, 4.69) is 15.0 Å². The minimum atomic E-state index is 0.796. The molecule has 2 N–H and O–H groups in total. The molecule has 0 bridgehead atoms. The molecule has 0 amide bonds. The van der Waals surface area contributed by atoms with Gasteiger partial charge in [-0.1, -0.05) is 0 Å². The summed E-state index contributed by atoms with van der Waals surface area (Å²) in [6.45, 7) is 2.98. The van der Waals surface area contributed by atoms with E-state index in [0.29, 0.717) is 0 Å². The number of aromatic nitrogens is 3. The first-order valence-corrected chi connectivity index (χ1v) is 6.62. The molecule has 5 nitrogen and oxygen atoms in total. The summed E-state index contributed by atoms with van der Waals surface area (Å²) in [6, 6.07) is 3.98. The Bertz CT molecular complexity index is 513. The van der Waals surface area contributed by atoms with Crippen molar-refractivity contribution < 1.29 is 0 Å². The van der Waals surface area contributed by atoms with Crippen molar-refractivity contribution in [1.29, 1.82) is 0 Å². The predicted molar refractivity (Wildman–Crippen MR) is 71.6 cm³/mol. The van der Waals surface area contributed by atoms with Crippen molar-refractivity contribution in [2.75, 3.05) is 24.5 Å². The number of hydrogen-bond donors (Lipinski definition) is 1. The summed E-state index contributed by atoms with van der Waals surface area (Å²) < 4.78 is 1.80. The van der Waals surface area contributed by atoms with Gasteiger partial charge in [0.1, 0.15) is 5.82 Å². The van der Waals surface area contributed by atoms with Crippen LogP contribution in [-0.4, -0.2) is 34.2 Å². The van der Waals surface area contributed by atoms with Crippen molar-refractivity contribution >= 4 is 11.5 Å². The fourth-order valence-electron chi connectivity index (χ4n) is 2.67. The average molecular weight is 245 g/mol. The van der Waals surface area contributed by atoms with Crippen molar-refractivity contribution in [2.45, 2.75) is 19.3 Å². The van der Waals surface area contributed by atoms with E-state index in [1.165, 1.54) is 12.8 Å². The van der Waals surface area contributed by atoms with Crippen LogP contribution in [0, 0.1) is 5.92 Å². The summed E-state index contributed by atoms with van der Waals surface area (Å²) in [6.07, 6.45) is 7.36. The average Bonchev–Trinajstić information content (AvgIpc) is 2.87. The second-order valence-corrected chi connectivity index (χ2v) is 4.93. The smallest absolute Gasteiger partial charge is 0.157 e. The zero-order chi connectivity index (χ0) is 12.4. The third-order valence-electron chi connectivity index (χ3n) is 3.76. The molecule has 3 rings (SSSR count). The van der Waals surface area contributed by atoms with E-state index in [-0.39, 0.29) is 0 Å². The number of nitrogens with two attached hydrogens (primary N) is 1. The second kappa shape index (κ2) is 4.94. The number of nitrogens with zero attached hydrogens (tertiary/aromatic N) is 4. The highest BCUT2D eigenvalue weighted by Crippen LogP contribution is 2.23. The molecule has 5 heteroatoms. The fraction of sp³-hybridized carbons (Fsp3) is 0.538. The van der Waals surface area contributed by atoms with Crippen molar-refractivity contribution in [3.63, 3.8) is 0 Å². The first-order chi connectivity index (χ1) is 8.86. The molecule has 0 saturated carbocycles. The standard InChI is InChI=1S/C13H19N5/c14-6-1-11-3-8-17(9-4-11)12-5-10-18-13(16-12)2-7-15-18/h2,5,7,10-11H,1,3-4,6,8-9,14H2. The maximum atomic E-state index is 5.62. The van der Waals surface area contributed by atoms with Gasteiger partial charge in [-0.3, -0.25) is 0 Å². The van der Waals surface area contributed by atoms with E-state index < -0.39 is 0 Å². The van der Waals surface area contributed by atoms with Gasteiger partial charge < -0.3 is 10.6 Å². The summed E-state index contributed by atoms with van der Waals surface area (Å²) in [7, 11) is 0. The summed E-state index contributed by atoms with van der Waals surface area (Å²) in [4.78, 5) is 6.99. The maximum absolute atomic E-state index is 5.62. The lowest BCUT2D eigenvalue weighted by atomic mass is 9.94. The third-order valence-corrected chi connectivity index (χ3v) is 3.76. The molecule has 0 aromatic carbocycles. The van der Waals surface area contributed by atoms with Crippen LogP contribution in [0.15, 0.2) is 24.5 Å². The van der Waals surface area contributed by atoms with Gasteiger partial charge in [-0.25, -0.2) is 9.50 Å². The Labute approximate surface area is 107 Å². The lowest BCUT2D eigenvalue weighted by Gasteiger charge is -2.32. The number of rotatable bonds is 3. The van der Waals surface area contributed by atoms with Crippen LogP contribution >= 0.6 is 0 Å². The molecule has 1 saturated heterocycles. The summed E-state index contributed by atoms with van der Waals surface area (Å²) >= 11 is 0. The molecule has 3 heterocycles.